The fourth-order valence-electron chi connectivity index (χ4n) is 4.65. The number of anilines is 3. The van der Waals surface area contributed by atoms with Gasteiger partial charge >= 0.3 is 0 Å². The standard InChI is InChI=1S/C25H26N2O2/c28-16-13-27-23-7-3-1-5-21(23)25(22-6-2-4-8-24(22)27)19-9-11-20(12-10-19)26-14-17-29-18-15-26/h1-12,25,28H,13-18H2. The van der Waals surface area contributed by atoms with Crippen molar-refractivity contribution in [1.82, 2.24) is 0 Å². The van der Waals surface area contributed by atoms with Gasteiger partial charge in [0, 0.05) is 42.6 Å². The molecule has 0 amide bonds. The highest BCUT2D eigenvalue weighted by molar-refractivity contribution is 5.78. The van der Waals surface area contributed by atoms with Crippen LogP contribution in [0.2, 0.25) is 0 Å². The Hall–Kier alpha value is -2.82. The van der Waals surface area contributed by atoms with Gasteiger partial charge in [-0.1, -0.05) is 48.5 Å². The predicted molar refractivity (Wildman–Crippen MR) is 117 cm³/mol. The minimum absolute atomic E-state index is 0.127. The average molecular weight is 386 g/mol. The number of aliphatic hydroxyl groups excluding tert-OH is 1. The molecule has 1 N–H and O–H groups in total. The van der Waals surface area contributed by atoms with Crippen LogP contribution < -0.4 is 9.80 Å². The molecule has 2 aliphatic rings. The third-order valence-electron chi connectivity index (χ3n) is 6.00. The highest BCUT2D eigenvalue weighted by Gasteiger charge is 2.30. The molecule has 0 spiro atoms. The Morgan fingerprint density at radius 3 is 1.97 bits per heavy atom. The van der Waals surface area contributed by atoms with Gasteiger partial charge in [-0.3, -0.25) is 0 Å². The average Bonchev–Trinajstić information content (AvgIpc) is 2.80. The molecule has 4 heteroatoms. The van der Waals surface area contributed by atoms with Crippen LogP contribution in [0, 0.1) is 0 Å². The van der Waals surface area contributed by atoms with Gasteiger partial charge in [-0.05, 0) is 41.0 Å². The first kappa shape index (κ1) is 18.2. The lowest BCUT2D eigenvalue weighted by molar-refractivity contribution is 0.122. The van der Waals surface area contributed by atoms with Crippen LogP contribution in [-0.2, 0) is 4.74 Å². The van der Waals surface area contributed by atoms with Gasteiger partial charge in [0.1, 0.15) is 0 Å². The topological polar surface area (TPSA) is 35.9 Å². The first-order chi connectivity index (χ1) is 14.4. The molecule has 0 aromatic heterocycles. The third kappa shape index (κ3) is 3.28. The summed E-state index contributed by atoms with van der Waals surface area (Å²) in [6.45, 7) is 4.21. The highest BCUT2D eigenvalue weighted by atomic mass is 16.5. The second-order valence-electron chi connectivity index (χ2n) is 7.62. The van der Waals surface area contributed by atoms with Gasteiger partial charge in [0.15, 0.2) is 0 Å². The van der Waals surface area contributed by atoms with Crippen molar-refractivity contribution in [2.24, 2.45) is 0 Å². The molecule has 0 atom stereocenters. The van der Waals surface area contributed by atoms with E-state index in [1.807, 2.05) is 0 Å². The number of benzene rings is 3. The van der Waals surface area contributed by atoms with E-state index in [2.05, 4.69) is 82.6 Å². The Bertz CT molecular complexity index is 933. The van der Waals surface area contributed by atoms with Crippen LogP contribution in [0.4, 0.5) is 17.1 Å². The van der Waals surface area contributed by atoms with Gasteiger partial charge in [-0.15, -0.1) is 0 Å². The van der Waals surface area contributed by atoms with Crippen LogP contribution in [0.3, 0.4) is 0 Å². The predicted octanol–water partition coefficient (Wildman–Crippen LogP) is 4.15. The maximum atomic E-state index is 9.65. The largest absolute Gasteiger partial charge is 0.395 e. The molecule has 1 fully saturated rings. The Labute approximate surface area is 172 Å². The molecule has 0 radical (unpaired) electrons. The zero-order valence-electron chi connectivity index (χ0n) is 16.5. The molecule has 0 bridgehead atoms. The minimum atomic E-state index is 0.127. The smallest absolute Gasteiger partial charge is 0.0642 e. The summed E-state index contributed by atoms with van der Waals surface area (Å²) in [5.74, 6) is 0.191. The summed E-state index contributed by atoms with van der Waals surface area (Å²) in [5.41, 5.74) is 7.50. The van der Waals surface area contributed by atoms with Crippen LogP contribution >= 0.6 is 0 Å². The first-order valence-electron chi connectivity index (χ1n) is 10.4. The summed E-state index contributed by atoms with van der Waals surface area (Å²) in [7, 11) is 0. The van der Waals surface area contributed by atoms with Crippen LogP contribution in [0.25, 0.3) is 0 Å². The monoisotopic (exact) mass is 386 g/mol. The van der Waals surface area contributed by atoms with Gasteiger partial charge in [0.2, 0.25) is 0 Å². The van der Waals surface area contributed by atoms with Crippen molar-refractivity contribution < 1.29 is 9.84 Å². The summed E-state index contributed by atoms with van der Waals surface area (Å²) < 4.78 is 5.48. The number of hydrogen-bond acceptors (Lipinski definition) is 4. The number of hydrogen-bond donors (Lipinski definition) is 1. The summed E-state index contributed by atoms with van der Waals surface area (Å²) in [6.07, 6.45) is 0. The number of ether oxygens (including phenoxy) is 1. The lowest BCUT2D eigenvalue weighted by Gasteiger charge is -2.38. The van der Waals surface area contributed by atoms with E-state index < -0.39 is 0 Å². The molecule has 148 valence electrons. The molecule has 3 aromatic carbocycles. The number of β-amino-alcohol motifs (C(OH)–C–C–N with tert-alkyl or cyclic N) is 1. The van der Waals surface area contributed by atoms with E-state index in [1.54, 1.807) is 0 Å². The number of morpholine rings is 1. The van der Waals surface area contributed by atoms with E-state index in [1.165, 1.54) is 33.8 Å². The number of aliphatic hydroxyl groups is 1. The van der Waals surface area contributed by atoms with Gasteiger partial charge < -0.3 is 19.6 Å². The van der Waals surface area contributed by atoms with E-state index in [0.29, 0.717) is 6.54 Å². The molecular formula is C25H26N2O2. The van der Waals surface area contributed by atoms with Gasteiger partial charge in [-0.2, -0.15) is 0 Å². The SMILES string of the molecule is OCCN1c2ccccc2C(c2ccc(N3CCOCC3)cc2)c2ccccc21. The number of rotatable bonds is 4. The lowest BCUT2D eigenvalue weighted by atomic mass is 9.80. The molecule has 2 aliphatic heterocycles. The van der Waals surface area contributed by atoms with E-state index in [0.717, 1.165) is 26.3 Å². The fraction of sp³-hybridized carbons (Fsp3) is 0.280. The first-order valence-corrected chi connectivity index (χ1v) is 10.4. The van der Waals surface area contributed by atoms with Crippen molar-refractivity contribution in [3.05, 3.63) is 89.5 Å². The molecule has 0 aliphatic carbocycles. The molecule has 0 saturated carbocycles. The molecule has 4 nitrogen and oxygen atoms in total. The normalized spacial score (nSPS) is 16.4. The third-order valence-corrected chi connectivity index (χ3v) is 6.00. The Balaban J connectivity index is 1.57. The Kier molecular flexibility index (Phi) is 4.96. The maximum absolute atomic E-state index is 9.65. The summed E-state index contributed by atoms with van der Waals surface area (Å²) >= 11 is 0. The molecule has 2 heterocycles. The Morgan fingerprint density at radius 1 is 0.793 bits per heavy atom. The van der Waals surface area contributed by atoms with Gasteiger partial charge in [-0.25, -0.2) is 0 Å². The van der Waals surface area contributed by atoms with Crippen LogP contribution in [0.5, 0.6) is 0 Å². The summed E-state index contributed by atoms with van der Waals surface area (Å²) in [6, 6.07) is 26.2. The molecule has 1 saturated heterocycles. The van der Waals surface area contributed by atoms with Crippen molar-refractivity contribution in [2.45, 2.75) is 5.92 Å². The molecule has 29 heavy (non-hydrogen) atoms. The van der Waals surface area contributed by atoms with E-state index in [4.69, 9.17) is 4.74 Å². The maximum Gasteiger partial charge on any atom is 0.0642 e. The minimum Gasteiger partial charge on any atom is -0.395 e. The van der Waals surface area contributed by atoms with Crippen molar-refractivity contribution in [1.29, 1.82) is 0 Å². The van der Waals surface area contributed by atoms with Crippen LogP contribution in [0.15, 0.2) is 72.8 Å². The van der Waals surface area contributed by atoms with Crippen molar-refractivity contribution in [3.8, 4) is 0 Å². The van der Waals surface area contributed by atoms with Gasteiger partial charge in [0.25, 0.3) is 0 Å². The molecule has 5 rings (SSSR count). The van der Waals surface area contributed by atoms with Gasteiger partial charge in [0.05, 0.1) is 19.8 Å². The van der Waals surface area contributed by atoms with Crippen LogP contribution in [-0.4, -0.2) is 44.6 Å². The van der Waals surface area contributed by atoms with Crippen LogP contribution in [0.1, 0.15) is 22.6 Å². The van der Waals surface area contributed by atoms with Crippen molar-refractivity contribution in [3.63, 3.8) is 0 Å². The molecular weight excluding hydrogens is 360 g/mol. The number of para-hydroxylation sites is 2. The van der Waals surface area contributed by atoms with E-state index in [9.17, 15) is 5.11 Å². The Morgan fingerprint density at radius 2 is 1.38 bits per heavy atom. The second-order valence-corrected chi connectivity index (χ2v) is 7.62. The quantitative estimate of drug-likeness (QED) is 0.731. The second kappa shape index (κ2) is 7.90. The number of fused-ring (bicyclic) bond motifs is 2. The zero-order chi connectivity index (χ0) is 19.6. The molecule has 0 unspecified atom stereocenters. The van der Waals surface area contributed by atoms with Crippen molar-refractivity contribution >= 4 is 17.1 Å². The lowest BCUT2D eigenvalue weighted by Crippen LogP contribution is -2.36. The number of nitrogens with zero attached hydrogens (tertiary/aromatic N) is 2. The summed E-state index contributed by atoms with van der Waals surface area (Å²) in [4.78, 5) is 4.63. The van der Waals surface area contributed by atoms with E-state index >= 15 is 0 Å². The highest BCUT2D eigenvalue weighted by Crippen LogP contribution is 2.48. The molecule has 3 aromatic rings. The summed E-state index contributed by atoms with van der Waals surface area (Å²) in [5, 5.41) is 9.65. The van der Waals surface area contributed by atoms with E-state index in [-0.39, 0.29) is 12.5 Å². The van der Waals surface area contributed by atoms with Crippen molar-refractivity contribution in [2.75, 3.05) is 49.3 Å². The fourth-order valence-corrected chi connectivity index (χ4v) is 4.65. The zero-order valence-corrected chi connectivity index (χ0v) is 16.5.